The normalized spacial score (nSPS) is 11.2. The fourth-order valence-corrected chi connectivity index (χ4v) is 3.13. The number of hydrogen-bond donors (Lipinski definition) is 2. The topological polar surface area (TPSA) is 70.1 Å². The number of likely N-dealkylation sites (N-methyl/N-ethyl adjacent to an activating group) is 1. The molecule has 2 amide bonds. The van der Waals surface area contributed by atoms with Gasteiger partial charge in [0, 0.05) is 18.9 Å². The highest BCUT2D eigenvalue weighted by molar-refractivity contribution is 7.71. The molecule has 0 spiro atoms. The number of H-pyrrole nitrogens is 1. The van der Waals surface area contributed by atoms with Gasteiger partial charge in [0.05, 0.1) is 17.8 Å². The molecule has 0 aliphatic heterocycles. The molecule has 0 unspecified atom stereocenters. The van der Waals surface area contributed by atoms with Gasteiger partial charge in [0.25, 0.3) is 5.91 Å². The highest BCUT2D eigenvalue weighted by Gasteiger charge is 2.33. The molecule has 3 rings (SSSR count). The zero-order chi connectivity index (χ0) is 21.9. The summed E-state index contributed by atoms with van der Waals surface area (Å²) >= 11 is 5.24. The Hall–Kier alpha value is -3.40. The molecule has 1 heterocycles. The first-order chi connectivity index (χ1) is 14.2. The van der Waals surface area contributed by atoms with Gasteiger partial charge in [0.1, 0.15) is 5.69 Å². The number of rotatable bonds is 5. The van der Waals surface area contributed by atoms with Crippen molar-refractivity contribution in [2.75, 3.05) is 18.9 Å². The van der Waals surface area contributed by atoms with Crippen LogP contribution in [0, 0.1) is 4.77 Å². The standard InChI is InChI=1S/C20H17F3N4O2S/c1-26(12-17(28)25-15-10-6-5-9-14(15)20(21,22)23)18(29)16-11-24-19(30)27(16)13-7-3-2-4-8-13/h2-11H,12H2,1H3,(H,24,30)(H,25,28). The molecule has 0 fully saturated rings. The van der Waals surface area contributed by atoms with Gasteiger partial charge < -0.3 is 15.2 Å². The predicted octanol–water partition coefficient (Wildman–Crippen LogP) is 4.26. The molecule has 6 nitrogen and oxygen atoms in total. The highest BCUT2D eigenvalue weighted by atomic mass is 32.1. The maximum absolute atomic E-state index is 13.1. The van der Waals surface area contributed by atoms with Crippen LogP contribution >= 0.6 is 12.2 Å². The summed E-state index contributed by atoms with van der Waals surface area (Å²) in [6, 6.07) is 13.6. The van der Waals surface area contributed by atoms with Gasteiger partial charge in [-0.1, -0.05) is 30.3 Å². The molecule has 30 heavy (non-hydrogen) atoms. The smallest absolute Gasteiger partial charge is 0.336 e. The highest BCUT2D eigenvalue weighted by Crippen LogP contribution is 2.34. The van der Waals surface area contributed by atoms with Crippen LogP contribution in [-0.4, -0.2) is 39.9 Å². The number of imidazole rings is 1. The Balaban J connectivity index is 1.77. The second-order valence-electron chi connectivity index (χ2n) is 6.40. The summed E-state index contributed by atoms with van der Waals surface area (Å²) in [5.41, 5.74) is -0.485. The Morgan fingerprint density at radius 2 is 1.73 bits per heavy atom. The van der Waals surface area contributed by atoms with E-state index in [1.807, 2.05) is 6.07 Å². The van der Waals surface area contributed by atoms with Gasteiger partial charge in [0.2, 0.25) is 5.91 Å². The molecule has 0 atom stereocenters. The lowest BCUT2D eigenvalue weighted by molar-refractivity contribution is -0.137. The summed E-state index contributed by atoms with van der Waals surface area (Å²) in [6.45, 7) is -0.447. The van der Waals surface area contributed by atoms with Crippen LogP contribution < -0.4 is 5.32 Å². The van der Waals surface area contributed by atoms with Crippen molar-refractivity contribution in [2.45, 2.75) is 6.18 Å². The van der Waals surface area contributed by atoms with Gasteiger partial charge in [-0.25, -0.2) is 0 Å². The van der Waals surface area contributed by atoms with Crippen molar-refractivity contribution in [2.24, 2.45) is 0 Å². The van der Waals surface area contributed by atoms with Gasteiger partial charge in [-0.15, -0.1) is 0 Å². The zero-order valence-electron chi connectivity index (χ0n) is 15.7. The molecule has 2 N–H and O–H groups in total. The van der Waals surface area contributed by atoms with E-state index in [9.17, 15) is 22.8 Å². The van der Waals surface area contributed by atoms with Crippen LogP contribution in [0.1, 0.15) is 16.1 Å². The molecule has 0 aliphatic carbocycles. The van der Waals surface area contributed by atoms with Gasteiger partial charge in [-0.2, -0.15) is 13.2 Å². The van der Waals surface area contributed by atoms with Crippen molar-refractivity contribution in [1.82, 2.24) is 14.5 Å². The van der Waals surface area contributed by atoms with E-state index < -0.39 is 30.1 Å². The largest absolute Gasteiger partial charge is 0.418 e. The number of halogens is 3. The van der Waals surface area contributed by atoms with Crippen molar-refractivity contribution >= 4 is 29.7 Å². The predicted molar refractivity (Wildman–Crippen MR) is 108 cm³/mol. The van der Waals surface area contributed by atoms with Gasteiger partial charge in [-0.3, -0.25) is 14.2 Å². The lowest BCUT2D eigenvalue weighted by Gasteiger charge is -2.19. The second-order valence-corrected chi connectivity index (χ2v) is 6.79. The third kappa shape index (κ3) is 4.60. The number of carbonyl (C=O) groups is 2. The number of aromatic nitrogens is 2. The van der Waals surface area contributed by atoms with Crippen molar-refractivity contribution in [3.63, 3.8) is 0 Å². The number of nitrogens with one attached hydrogen (secondary N) is 2. The van der Waals surface area contributed by atoms with Crippen LogP contribution in [0.4, 0.5) is 18.9 Å². The number of hydrogen-bond acceptors (Lipinski definition) is 3. The van der Waals surface area contributed by atoms with Gasteiger partial charge in [0.15, 0.2) is 4.77 Å². The minimum absolute atomic E-state index is 0.192. The third-order valence-corrected chi connectivity index (χ3v) is 4.54. The van der Waals surface area contributed by atoms with Crippen molar-refractivity contribution in [3.05, 3.63) is 76.8 Å². The van der Waals surface area contributed by atoms with Crippen molar-refractivity contribution in [3.8, 4) is 5.69 Å². The second kappa shape index (κ2) is 8.54. The molecular weight excluding hydrogens is 417 g/mol. The Labute approximate surface area is 174 Å². The van der Waals surface area contributed by atoms with Gasteiger partial charge in [-0.05, 0) is 36.5 Å². The maximum Gasteiger partial charge on any atom is 0.418 e. The van der Waals surface area contributed by atoms with E-state index in [0.717, 1.165) is 17.0 Å². The van der Waals surface area contributed by atoms with E-state index in [-0.39, 0.29) is 11.4 Å². The number of carbonyl (C=O) groups excluding carboxylic acids is 2. The molecular formula is C20H17F3N4O2S. The van der Waals surface area contributed by atoms with Crippen molar-refractivity contribution < 1.29 is 22.8 Å². The monoisotopic (exact) mass is 434 g/mol. The Kier molecular flexibility index (Phi) is 6.06. The molecule has 1 aromatic heterocycles. The molecule has 10 heteroatoms. The SMILES string of the molecule is CN(CC(=O)Nc1ccccc1C(F)(F)F)C(=O)c1c[nH]c(=S)n1-c1ccccc1. The number of para-hydroxylation sites is 2. The fraction of sp³-hybridized carbons (Fsp3) is 0.150. The molecule has 0 aliphatic rings. The van der Waals surface area contributed by atoms with Crippen LogP contribution in [0.3, 0.4) is 0 Å². The number of anilines is 1. The molecule has 0 bridgehead atoms. The number of amides is 2. The van der Waals surface area contributed by atoms with E-state index in [4.69, 9.17) is 12.2 Å². The fourth-order valence-electron chi connectivity index (χ4n) is 2.87. The summed E-state index contributed by atoms with van der Waals surface area (Å²) in [4.78, 5) is 29.0. The molecule has 156 valence electrons. The minimum atomic E-state index is -4.61. The lowest BCUT2D eigenvalue weighted by atomic mass is 10.1. The van der Waals surface area contributed by atoms with E-state index >= 15 is 0 Å². The molecule has 0 saturated carbocycles. The van der Waals surface area contributed by atoms with E-state index in [0.29, 0.717) is 10.5 Å². The summed E-state index contributed by atoms with van der Waals surface area (Å²) in [5, 5.41) is 2.22. The van der Waals surface area contributed by atoms with E-state index in [1.165, 1.54) is 29.9 Å². The third-order valence-electron chi connectivity index (χ3n) is 4.24. The molecule has 3 aromatic rings. The van der Waals surface area contributed by atoms with Crippen LogP contribution in [0.2, 0.25) is 0 Å². The van der Waals surface area contributed by atoms with Gasteiger partial charge >= 0.3 is 6.18 Å². The van der Waals surface area contributed by atoms with E-state index in [2.05, 4.69) is 10.3 Å². The molecule has 2 aromatic carbocycles. The number of aromatic amines is 1. The maximum atomic E-state index is 13.1. The van der Waals surface area contributed by atoms with E-state index in [1.54, 1.807) is 24.3 Å². The quantitative estimate of drug-likeness (QED) is 0.590. The summed E-state index contributed by atoms with van der Waals surface area (Å²) < 4.78 is 41.1. The van der Waals surface area contributed by atoms with Crippen molar-refractivity contribution in [1.29, 1.82) is 0 Å². The van der Waals surface area contributed by atoms with Crippen LogP contribution in [0.15, 0.2) is 60.8 Å². The summed E-state index contributed by atoms with van der Waals surface area (Å²) in [6.07, 6.45) is -3.19. The Morgan fingerprint density at radius 1 is 1.10 bits per heavy atom. The summed E-state index contributed by atoms with van der Waals surface area (Å²) in [5.74, 6) is -1.28. The average Bonchev–Trinajstić information content (AvgIpc) is 3.08. The van der Waals surface area contributed by atoms with Crippen LogP contribution in [0.25, 0.3) is 5.69 Å². The first kappa shape index (κ1) is 21.3. The van der Waals surface area contributed by atoms with Crippen LogP contribution in [0.5, 0.6) is 0 Å². The lowest BCUT2D eigenvalue weighted by Crippen LogP contribution is -2.36. The Bertz CT molecular complexity index is 1120. The number of nitrogens with zero attached hydrogens (tertiary/aromatic N) is 2. The first-order valence-electron chi connectivity index (χ1n) is 8.76. The average molecular weight is 434 g/mol. The Morgan fingerprint density at radius 3 is 2.40 bits per heavy atom. The first-order valence-corrected chi connectivity index (χ1v) is 9.16. The van der Waals surface area contributed by atoms with Crippen LogP contribution in [-0.2, 0) is 11.0 Å². The summed E-state index contributed by atoms with van der Waals surface area (Å²) in [7, 11) is 1.38. The molecule has 0 saturated heterocycles. The molecule has 0 radical (unpaired) electrons. The number of alkyl halides is 3. The zero-order valence-corrected chi connectivity index (χ0v) is 16.6. The minimum Gasteiger partial charge on any atom is -0.336 e. The number of benzene rings is 2.